The number of fused-ring (bicyclic) bond motifs is 1. The molecule has 0 aromatic heterocycles. The van der Waals surface area contributed by atoms with Crippen LogP contribution in [0.3, 0.4) is 0 Å². The third kappa shape index (κ3) is 1.25. The predicted molar refractivity (Wildman–Crippen MR) is 46.6 cm³/mol. The largest absolute Gasteiger partial charge is 0.394 e. The predicted octanol–water partition coefficient (Wildman–Crippen LogP) is 0.0119. The average molecular weight is 199 g/mol. The van der Waals surface area contributed by atoms with E-state index in [0.717, 1.165) is 0 Å². The second kappa shape index (κ2) is 2.80. The van der Waals surface area contributed by atoms with Gasteiger partial charge in [0.15, 0.2) is 0 Å². The maximum Gasteiger partial charge on any atom is 0.241 e. The number of aliphatic hydroxyl groups is 1. The maximum absolute atomic E-state index is 11.4. The first-order valence-corrected chi connectivity index (χ1v) is 5.35. The molecule has 1 atom stereocenters. The smallest absolute Gasteiger partial charge is 0.241 e. The molecule has 2 rings (SSSR count). The van der Waals surface area contributed by atoms with Gasteiger partial charge in [0.2, 0.25) is 10.0 Å². The molecule has 0 saturated heterocycles. The Balaban J connectivity index is 2.64. The van der Waals surface area contributed by atoms with Crippen molar-refractivity contribution < 1.29 is 13.5 Å². The number of hydrogen-bond donors (Lipinski definition) is 2. The number of sulfonamides is 1. The molecule has 1 aliphatic rings. The van der Waals surface area contributed by atoms with Crippen LogP contribution in [-0.2, 0) is 10.0 Å². The number of benzene rings is 1. The van der Waals surface area contributed by atoms with Crippen LogP contribution in [0, 0.1) is 0 Å². The third-order valence-corrected chi connectivity index (χ3v) is 3.61. The summed E-state index contributed by atoms with van der Waals surface area (Å²) in [7, 11) is -3.38. The molecule has 0 amide bonds. The van der Waals surface area contributed by atoms with Crippen molar-refractivity contribution in [3.8, 4) is 0 Å². The maximum atomic E-state index is 11.4. The molecule has 0 unspecified atom stereocenters. The monoisotopic (exact) mass is 199 g/mol. The van der Waals surface area contributed by atoms with Gasteiger partial charge in [0.1, 0.15) is 0 Å². The number of hydrogen-bond acceptors (Lipinski definition) is 3. The zero-order chi connectivity index (χ0) is 9.47. The van der Waals surface area contributed by atoms with Gasteiger partial charge in [-0.05, 0) is 11.6 Å². The van der Waals surface area contributed by atoms with Gasteiger partial charge < -0.3 is 5.11 Å². The molecule has 0 fully saturated rings. The Morgan fingerprint density at radius 3 is 2.77 bits per heavy atom. The summed E-state index contributed by atoms with van der Waals surface area (Å²) in [5.41, 5.74) is 0.644. The molecule has 2 N–H and O–H groups in total. The van der Waals surface area contributed by atoms with E-state index < -0.39 is 16.1 Å². The van der Waals surface area contributed by atoms with Crippen molar-refractivity contribution in [2.45, 2.75) is 10.9 Å². The van der Waals surface area contributed by atoms with Gasteiger partial charge in [0, 0.05) is 0 Å². The quantitative estimate of drug-likeness (QED) is 0.669. The molecular formula is C8H9NO3S. The van der Waals surface area contributed by atoms with Gasteiger partial charge in [0.25, 0.3) is 0 Å². The van der Waals surface area contributed by atoms with E-state index in [0.29, 0.717) is 5.56 Å². The molecule has 0 aliphatic carbocycles. The Hall–Kier alpha value is -0.910. The zero-order valence-electron chi connectivity index (χ0n) is 6.77. The highest BCUT2D eigenvalue weighted by Gasteiger charge is 2.32. The highest BCUT2D eigenvalue weighted by Crippen LogP contribution is 2.29. The van der Waals surface area contributed by atoms with Crippen molar-refractivity contribution in [1.29, 1.82) is 0 Å². The van der Waals surface area contributed by atoms with Crippen LogP contribution in [0.2, 0.25) is 0 Å². The Bertz CT molecular complexity index is 427. The highest BCUT2D eigenvalue weighted by molar-refractivity contribution is 7.89. The molecule has 0 spiro atoms. The highest BCUT2D eigenvalue weighted by atomic mass is 32.2. The van der Waals surface area contributed by atoms with Crippen LogP contribution in [0.1, 0.15) is 11.6 Å². The van der Waals surface area contributed by atoms with Crippen LogP contribution < -0.4 is 4.72 Å². The SMILES string of the molecule is O=S1(=O)N[C@@H](CO)c2ccccc21. The fraction of sp³-hybridized carbons (Fsp3) is 0.250. The minimum absolute atomic E-state index is 0.212. The molecular weight excluding hydrogens is 190 g/mol. The number of nitrogens with one attached hydrogen (secondary N) is 1. The second-order valence-corrected chi connectivity index (χ2v) is 4.58. The van der Waals surface area contributed by atoms with E-state index in [-0.39, 0.29) is 11.5 Å². The van der Waals surface area contributed by atoms with E-state index in [9.17, 15) is 8.42 Å². The van der Waals surface area contributed by atoms with Crippen LogP contribution in [0.5, 0.6) is 0 Å². The van der Waals surface area contributed by atoms with E-state index in [2.05, 4.69) is 4.72 Å². The van der Waals surface area contributed by atoms with Gasteiger partial charge in [-0.15, -0.1) is 0 Å². The Morgan fingerprint density at radius 1 is 1.38 bits per heavy atom. The summed E-state index contributed by atoms with van der Waals surface area (Å²) < 4.78 is 25.2. The van der Waals surface area contributed by atoms with Gasteiger partial charge in [-0.3, -0.25) is 0 Å². The number of aliphatic hydroxyl groups excluding tert-OH is 1. The molecule has 1 aromatic carbocycles. The summed E-state index contributed by atoms with van der Waals surface area (Å²) in [6.07, 6.45) is 0. The van der Waals surface area contributed by atoms with Crippen LogP contribution in [0.25, 0.3) is 0 Å². The van der Waals surface area contributed by atoms with E-state index in [1.54, 1.807) is 18.2 Å². The molecule has 1 aliphatic heterocycles. The summed E-state index contributed by atoms with van der Waals surface area (Å²) in [5.74, 6) is 0. The van der Waals surface area contributed by atoms with Crippen molar-refractivity contribution in [3.63, 3.8) is 0 Å². The topological polar surface area (TPSA) is 66.4 Å². The van der Waals surface area contributed by atoms with Crippen molar-refractivity contribution in [2.24, 2.45) is 0 Å². The van der Waals surface area contributed by atoms with E-state index in [1.165, 1.54) is 6.07 Å². The summed E-state index contributed by atoms with van der Waals surface area (Å²) >= 11 is 0. The van der Waals surface area contributed by atoms with E-state index in [1.807, 2.05) is 0 Å². The summed E-state index contributed by atoms with van der Waals surface area (Å²) in [5, 5.41) is 8.92. The van der Waals surface area contributed by atoms with Crippen molar-refractivity contribution in [3.05, 3.63) is 29.8 Å². The lowest BCUT2D eigenvalue weighted by atomic mass is 10.1. The molecule has 1 aromatic rings. The zero-order valence-corrected chi connectivity index (χ0v) is 7.58. The van der Waals surface area contributed by atoms with Gasteiger partial charge in [-0.25, -0.2) is 13.1 Å². The molecule has 5 heteroatoms. The minimum atomic E-state index is -3.38. The second-order valence-electron chi connectivity index (χ2n) is 2.89. The molecule has 0 bridgehead atoms. The van der Waals surface area contributed by atoms with Crippen LogP contribution >= 0.6 is 0 Å². The normalized spacial score (nSPS) is 24.2. The molecule has 0 saturated carbocycles. The van der Waals surface area contributed by atoms with Crippen LogP contribution in [0.15, 0.2) is 29.2 Å². The lowest BCUT2D eigenvalue weighted by Crippen LogP contribution is -2.21. The molecule has 13 heavy (non-hydrogen) atoms. The summed E-state index contributed by atoms with van der Waals surface area (Å²) in [4.78, 5) is 0.272. The van der Waals surface area contributed by atoms with Crippen LogP contribution in [0.4, 0.5) is 0 Å². The Kier molecular flexibility index (Phi) is 1.87. The third-order valence-electron chi connectivity index (χ3n) is 2.06. The number of rotatable bonds is 1. The van der Waals surface area contributed by atoms with Gasteiger partial charge >= 0.3 is 0 Å². The van der Waals surface area contributed by atoms with Gasteiger partial charge in [-0.1, -0.05) is 18.2 Å². The van der Waals surface area contributed by atoms with Crippen molar-refractivity contribution >= 4 is 10.0 Å². The van der Waals surface area contributed by atoms with Crippen LogP contribution in [-0.4, -0.2) is 20.1 Å². The lowest BCUT2D eigenvalue weighted by Gasteiger charge is -2.03. The first kappa shape index (κ1) is 8.68. The standard InChI is InChI=1S/C8H9NO3S/c10-5-7-6-3-1-2-4-8(6)13(11,12)9-7/h1-4,7,9-10H,5H2/t7-/m0/s1. The fourth-order valence-electron chi connectivity index (χ4n) is 1.46. The van der Waals surface area contributed by atoms with E-state index >= 15 is 0 Å². The van der Waals surface area contributed by atoms with Gasteiger partial charge in [-0.2, -0.15) is 0 Å². The fourth-order valence-corrected chi connectivity index (χ4v) is 2.94. The summed E-state index contributed by atoms with van der Waals surface area (Å²) in [6, 6.07) is 6.17. The average Bonchev–Trinajstić information content (AvgIpc) is 2.39. The summed E-state index contributed by atoms with van der Waals surface area (Å²) in [6.45, 7) is -0.212. The molecule has 4 nitrogen and oxygen atoms in total. The molecule has 0 radical (unpaired) electrons. The Morgan fingerprint density at radius 2 is 2.08 bits per heavy atom. The van der Waals surface area contributed by atoms with Crippen molar-refractivity contribution in [2.75, 3.05) is 6.61 Å². The first-order valence-electron chi connectivity index (χ1n) is 3.87. The van der Waals surface area contributed by atoms with Gasteiger partial charge in [0.05, 0.1) is 17.5 Å². The molecule has 1 heterocycles. The van der Waals surface area contributed by atoms with Crippen molar-refractivity contribution in [1.82, 2.24) is 4.72 Å². The lowest BCUT2D eigenvalue weighted by molar-refractivity contribution is 0.261. The first-order chi connectivity index (χ1) is 6.15. The molecule has 70 valence electrons. The Labute approximate surface area is 76.3 Å². The van der Waals surface area contributed by atoms with E-state index in [4.69, 9.17) is 5.11 Å². The minimum Gasteiger partial charge on any atom is -0.394 e.